The molecule has 0 fully saturated rings. The van der Waals surface area contributed by atoms with Crippen LogP contribution in [0.5, 0.6) is 0 Å². The zero-order chi connectivity index (χ0) is 19.9. The molecule has 28 heavy (non-hydrogen) atoms. The highest BCUT2D eigenvalue weighted by atomic mass is 16.3. The number of rotatable bonds is 7. The van der Waals surface area contributed by atoms with E-state index in [9.17, 15) is 9.59 Å². The second kappa shape index (κ2) is 8.78. The van der Waals surface area contributed by atoms with E-state index in [2.05, 4.69) is 10.3 Å². The third kappa shape index (κ3) is 4.51. The van der Waals surface area contributed by atoms with Crippen molar-refractivity contribution >= 4 is 28.5 Å². The SMILES string of the molecule is CC(=O)C(C#N)C=CCCc1cc2c(NC(=O)c3ccccc3)nccc2o1. The van der Waals surface area contributed by atoms with Crippen LogP contribution in [0.1, 0.15) is 29.5 Å². The number of nitrogens with one attached hydrogen (secondary N) is 1. The first-order valence-electron chi connectivity index (χ1n) is 8.89. The molecule has 6 nitrogen and oxygen atoms in total. The van der Waals surface area contributed by atoms with Crippen LogP contribution in [0.4, 0.5) is 5.82 Å². The van der Waals surface area contributed by atoms with Crippen LogP contribution in [-0.2, 0) is 11.2 Å². The maximum absolute atomic E-state index is 12.4. The normalized spacial score (nSPS) is 12.0. The minimum absolute atomic E-state index is 0.174. The predicted octanol–water partition coefficient (Wildman–Crippen LogP) is 4.30. The highest BCUT2D eigenvalue weighted by Gasteiger charge is 2.13. The number of furan rings is 1. The number of Topliss-reactive ketones (excluding diaryl/α,β-unsaturated/α-hetero) is 1. The van der Waals surface area contributed by atoms with Crippen molar-refractivity contribution in [3.63, 3.8) is 0 Å². The first-order chi connectivity index (χ1) is 13.6. The van der Waals surface area contributed by atoms with E-state index in [0.29, 0.717) is 29.8 Å². The minimum atomic E-state index is -0.709. The molecule has 1 atom stereocenters. The van der Waals surface area contributed by atoms with Gasteiger partial charge < -0.3 is 9.73 Å². The molecule has 3 aromatic rings. The number of allylic oxidation sites excluding steroid dienone is 2. The van der Waals surface area contributed by atoms with Crippen LogP contribution in [0, 0.1) is 17.2 Å². The van der Waals surface area contributed by atoms with Crippen LogP contribution in [0.15, 0.2) is 65.2 Å². The summed E-state index contributed by atoms with van der Waals surface area (Å²) >= 11 is 0. The third-order valence-electron chi connectivity index (χ3n) is 4.23. The highest BCUT2D eigenvalue weighted by molar-refractivity contribution is 6.07. The van der Waals surface area contributed by atoms with Gasteiger partial charge in [-0.05, 0) is 37.6 Å². The van der Waals surface area contributed by atoms with Gasteiger partial charge in [0, 0.05) is 18.2 Å². The summed E-state index contributed by atoms with van der Waals surface area (Å²) in [5, 5.41) is 12.5. The number of hydrogen-bond donors (Lipinski definition) is 1. The molecular weight excluding hydrogens is 354 g/mol. The van der Waals surface area contributed by atoms with E-state index in [0.717, 1.165) is 11.1 Å². The van der Waals surface area contributed by atoms with Crippen LogP contribution in [0.3, 0.4) is 0 Å². The van der Waals surface area contributed by atoms with Gasteiger partial charge in [0.15, 0.2) is 5.78 Å². The third-order valence-corrected chi connectivity index (χ3v) is 4.23. The molecule has 2 heterocycles. The second-order valence-electron chi connectivity index (χ2n) is 6.29. The summed E-state index contributed by atoms with van der Waals surface area (Å²) in [7, 11) is 0. The number of fused-ring (bicyclic) bond motifs is 1. The Morgan fingerprint density at radius 3 is 2.79 bits per heavy atom. The molecule has 0 aliphatic rings. The fourth-order valence-corrected chi connectivity index (χ4v) is 2.74. The van der Waals surface area contributed by atoms with Crippen molar-refractivity contribution in [2.24, 2.45) is 5.92 Å². The largest absolute Gasteiger partial charge is 0.461 e. The van der Waals surface area contributed by atoms with Crippen LogP contribution in [0.2, 0.25) is 0 Å². The van der Waals surface area contributed by atoms with Crippen LogP contribution >= 0.6 is 0 Å². The molecule has 0 aliphatic carbocycles. The molecule has 3 rings (SSSR count). The Bertz CT molecular complexity index is 1060. The lowest BCUT2D eigenvalue weighted by Gasteiger charge is -2.04. The van der Waals surface area contributed by atoms with Gasteiger partial charge in [-0.2, -0.15) is 5.26 Å². The summed E-state index contributed by atoms with van der Waals surface area (Å²) in [5.74, 6) is 0.0577. The van der Waals surface area contributed by atoms with Gasteiger partial charge in [0.25, 0.3) is 5.91 Å². The number of pyridine rings is 1. The average Bonchev–Trinajstić information content (AvgIpc) is 3.12. The molecule has 0 saturated carbocycles. The molecule has 0 radical (unpaired) electrons. The standard InChI is InChI=1S/C22H19N3O3/c1-15(26)17(14-23)9-5-6-10-18-13-19-20(28-18)11-12-24-21(19)25-22(27)16-7-3-2-4-8-16/h2-5,7-9,11-13,17H,6,10H2,1H3,(H,24,25,27). The number of nitrogens with zero attached hydrogens (tertiary/aromatic N) is 2. The zero-order valence-corrected chi connectivity index (χ0v) is 15.4. The maximum Gasteiger partial charge on any atom is 0.256 e. The van der Waals surface area contributed by atoms with Crippen LogP contribution in [0.25, 0.3) is 11.0 Å². The molecule has 0 spiro atoms. The summed E-state index contributed by atoms with van der Waals surface area (Å²) in [6.45, 7) is 1.40. The van der Waals surface area contributed by atoms with E-state index >= 15 is 0 Å². The first kappa shape index (κ1) is 19.1. The second-order valence-corrected chi connectivity index (χ2v) is 6.29. The number of hydrogen-bond acceptors (Lipinski definition) is 5. The van der Waals surface area contributed by atoms with Crippen LogP contribution in [-0.4, -0.2) is 16.7 Å². The Hall–Kier alpha value is -3.72. The van der Waals surface area contributed by atoms with Crippen molar-refractivity contribution in [1.82, 2.24) is 4.98 Å². The smallest absolute Gasteiger partial charge is 0.256 e. The van der Waals surface area contributed by atoms with Crippen molar-refractivity contribution in [3.8, 4) is 6.07 Å². The van der Waals surface area contributed by atoms with E-state index in [1.54, 1.807) is 48.7 Å². The lowest BCUT2D eigenvalue weighted by atomic mass is 10.1. The molecule has 1 amide bonds. The van der Waals surface area contributed by atoms with Crippen molar-refractivity contribution in [3.05, 3.63) is 72.1 Å². The first-order valence-corrected chi connectivity index (χ1v) is 8.89. The molecule has 0 bridgehead atoms. The summed E-state index contributed by atoms with van der Waals surface area (Å²) in [5.41, 5.74) is 1.18. The number of nitriles is 1. The molecule has 140 valence electrons. The van der Waals surface area contributed by atoms with Gasteiger partial charge in [0.05, 0.1) is 11.5 Å². The van der Waals surface area contributed by atoms with Crippen molar-refractivity contribution in [1.29, 1.82) is 5.26 Å². The monoisotopic (exact) mass is 373 g/mol. The molecule has 1 aromatic carbocycles. The van der Waals surface area contributed by atoms with Crippen molar-refractivity contribution in [2.75, 3.05) is 5.32 Å². The summed E-state index contributed by atoms with van der Waals surface area (Å²) in [6.07, 6.45) is 6.23. The molecule has 2 aromatic heterocycles. The van der Waals surface area contributed by atoms with Gasteiger partial charge in [-0.1, -0.05) is 30.4 Å². The molecular formula is C22H19N3O3. The molecule has 1 unspecified atom stereocenters. The van der Waals surface area contributed by atoms with Gasteiger partial charge in [0.1, 0.15) is 23.1 Å². The van der Waals surface area contributed by atoms with E-state index in [4.69, 9.17) is 9.68 Å². The van der Waals surface area contributed by atoms with E-state index in [-0.39, 0.29) is 11.7 Å². The number of aryl methyl sites for hydroxylation is 1. The van der Waals surface area contributed by atoms with Crippen molar-refractivity contribution < 1.29 is 14.0 Å². The molecule has 0 saturated heterocycles. The Morgan fingerprint density at radius 2 is 2.07 bits per heavy atom. The van der Waals surface area contributed by atoms with E-state index < -0.39 is 5.92 Å². The topological polar surface area (TPSA) is 96.0 Å². The van der Waals surface area contributed by atoms with E-state index in [1.165, 1.54) is 6.92 Å². The highest BCUT2D eigenvalue weighted by Crippen LogP contribution is 2.26. The average molecular weight is 373 g/mol. The number of aromatic nitrogens is 1. The lowest BCUT2D eigenvalue weighted by Crippen LogP contribution is -2.12. The van der Waals surface area contributed by atoms with Gasteiger partial charge in [-0.3, -0.25) is 9.59 Å². The van der Waals surface area contributed by atoms with E-state index in [1.807, 2.05) is 18.2 Å². The summed E-state index contributed by atoms with van der Waals surface area (Å²) in [6, 6.07) is 14.5. The number of amides is 1. The van der Waals surface area contributed by atoms with Gasteiger partial charge in [-0.25, -0.2) is 4.98 Å². The Morgan fingerprint density at radius 1 is 1.29 bits per heavy atom. The number of ketones is 1. The molecule has 0 aliphatic heterocycles. The zero-order valence-electron chi connectivity index (χ0n) is 15.4. The lowest BCUT2D eigenvalue weighted by molar-refractivity contribution is -0.118. The minimum Gasteiger partial charge on any atom is -0.461 e. The number of anilines is 1. The quantitative estimate of drug-likeness (QED) is 0.623. The summed E-state index contributed by atoms with van der Waals surface area (Å²) < 4.78 is 5.82. The molecule has 1 N–H and O–H groups in total. The Labute approximate surface area is 162 Å². The number of carbonyl (C=O) groups excluding carboxylic acids is 2. The Kier molecular flexibility index (Phi) is 5.97. The van der Waals surface area contributed by atoms with Crippen LogP contribution < -0.4 is 5.32 Å². The van der Waals surface area contributed by atoms with Gasteiger partial charge >= 0.3 is 0 Å². The summed E-state index contributed by atoms with van der Waals surface area (Å²) in [4.78, 5) is 27.9. The van der Waals surface area contributed by atoms with Gasteiger partial charge in [0.2, 0.25) is 0 Å². The van der Waals surface area contributed by atoms with Crippen molar-refractivity contribution in [2.45, 2.75) is 19.8 Å². The maximum atomic E-state index is 12.4. The Balaban J connectivity index is 1.71. The predicted molar refractivity (Wildman–Crippen MR) is 106 cm³/mol. The fourth-order valence-electron chi connectivity index (χ4n) is 2.74. The van der Waals surface area contributed by atoms with Gasteiger partial charge in [-0.15, -0.1) is 0 Å². The molecule has 6 heteroatoms. The number of benzene rings is 1. The fraction of sp³-hybridized carbons (Fsp3) is 0.182. The number of carbonyl (C=O) groups is 2.